The normalized spacial score (nSPS) is 22.4. The topological polar surface area (TPSA) is 12.0 Å². The van der Waals surface area contributed by atoms with Crippen LogP contribution in [0.25, 0.3) is 0 Å². The minimum absolute atomic E-state index is 0. The van der Waals surface area contributed by atoms with Crippen molar-refractivity contribution in [3.8, 4) is 0 Å². The van der Waals surface area contributed by atoms with Gasteiger partial charge < -0.3 is 5.32 Å². The molecule has 0 bridgehead atoms. The second-order valence-electron chi connectivity index (χ2n) is 5.09. The van der Waals surface area contributed by atoms with Crippen molar-refractivity contribution >= 4 is 12.4 Å². The molecule has 1 aliphatic carbocycles. The molecular weight excluding hydrogens is 254 g/mol. The van der Waals surface area contributed by atoms with E-state index in [-0.39, 0.29) is 12.4 Å². The third kappa shape index (κ3) is 2.99. The second-order valence-corrected chi connectivity index (χ2v) is 5.09. The molecule has 19 heavy (non-hydrogen) atoms. The van der Waals surface area contributed by atoms with E-state index in [1.54, 1.807) is 0 Å². The largest absolute Gasteiger partial charge is 0.313 e. The molecule has 0 saturated heterocycles. The van der Waals surface area contributed by atoms with E-state index in [1.165, 1.54) is 17.5 Å². The summed E-state index contributed by atoms with van der Waals surface area (Å²) in [6, 6.07) is 22.1. The number of halogens is 1. The van der Waals surface area contributed by atoms with Crippen LogP contribution in [0.1, 0.15) is 29.5 Å². The van der Waals surface area contributed by atoms with Gasteiger partial charge in [0.2, 0.25) is 0 Å². The fourth-order valence-electron chi connectivity index (χ4n) is 2.95. The van der Waals surface area contributed by atoms with E-state index in [0.29, 0.717) is 6.04 Å². The molecule has 100 valence electrons. The minimum Gasteiger partial charge on any atom is -0.313 e. The fraction of sp³-hybridized carbons (Fsp3) is 0.294. The number of rotatable bonds is 4. The van der Waals surface area contributed by atoms with Crippen molar-refractivity contribution in [3.05, 3.63) is 71.8 Å². The molecule has 0 spiro atoms. The Morgan fingerprint density at radius 3 is 2.11 bits per heavy atom. The van der Waals surface area contributed by atoms with Crippen molar-refractivity contribution in [2.24, 2.45) is 5.92 Å². The Bertz CT molecular complexity index is 497. The molecule has 3 rings (SSSR count). The zero-order valence-electron chi connectivity index (χ0n) is 11.1. The quantitative estimate of drug-likeness (QED) is 0.881. The van der Waals surface area contributed by atoms with E-state index < -0.39 is 0 Å². The molecule has 1 aliphatic rings. The van der Waals surface area contributed by atoms with Crippen LogP contribution in [0.2, 0.25) is 0 Å². The van der Waals surface area contributed by atoms with Crippen LogP contribution in [0, 0.1) is 5.92 Å². The zero-order chi connectivity index (χ0) is 12.4. The predicted molar refractivity (Wildman–Crippen MR) is 82.8 cm³/mol. The summed E-state index contributed by atoms with van der Waals surface area (Å²) in [6.45, 7) is 0. The number of hydrogen-bond acceptors (Lipinski definition) is 1. The molecule has 2 heteroatoms. The molecule has 0 amide bonds. The first-order chi connectivity index (χ1) is 8.90. The summed E-state index contributed by atoms with van der Waals surface area (Å²) < 4.78 is 0. The van der Waals surface area contributed by atoms with Crippen molar-refractivity contribution in [1.29, 1.82) is 0 Å². The molecule has 1 N–H and O–H groups in total. The van der Waals surface area contributed by atoms with E-state index in [1.807, 2.05) is 0 Å². The molecule has 0 heterocycles. The number of hydrogen-bond donors (Lipinski definition) is 1. The van der Waals surface area contributed by atoms with Gasteiger partial charge in [-0.05, 0) is 36.4 Å². The van der Waals surface area contributed by atoms with E-state index in [2.05, 4.69) is 73.0 Å². The first-order valence-electron chi connectivity index (χ1n) is 6.67. The maximum Gasteiger partial charge on any atom is 0.0352 e. The van der Waals surface area contributed by atoms with Crippen LogP contribution in [0.5, 0.6) is 0 Å². The van der Waals surface area contributed by atoms with Crippen molar-refractivity contribution in [2.45, 2.75) is 18.4 Å². The molecule has 0 radical (unpaired) electrons. The molecule has 0 aliphatic heterocycles. The zero-order valence-corrected chi connectivity index (χ0v) is 11.9. The number of nitrogens with one attached hydrogen (secondary N) is 1. The monoisotopic (exact) mass is 273 g/mol. The van der Waals surface area contributed by atoms with Crippen LogP contribution in [0.3, 0.4) is 0 Å². The lowest BCUT2D eigenvalue weighted by atomic mass is 9.99. The highest BCUT2D eigenvalue weighted by Gasteiger charge is 2.43. The highest BCUT2D eigenvalue weighted by Crippen LogP contribution is 2.53. The first-order valence-corrected chi connectivity index (χ1v) is 6.67. The maximum absolute atomic E-state index is 3.48. The number of benzene rings is 2. The van der Waals surface area contributed by atoms with Gasteiger partial charge in [0.1, 0.15) is 0 Å². The van der Waals surface area contributed by atoms with Crippen molar-refractivity contribution in [3.63, 3.8) is 0 Å². The molecule has 3 unspecified atom stereocenters. The third-order valence-electron chi connectivity index (χ3n) is 3.97. The Balaban J connectivity index is 0.00000133. The van der Waals surface area contributed by atoms with Crippen LogP contribution in [0.15, 0.2) is 60.7 Å². The predicted octanol–water partition coefficient (Wildman–Crippen LogP) is 4.17. The van der Waals surface area contributed by atoms with Gasteiger partial charge in [-0.1, -0.05) is 60.7 Å². The van der Waals surface area contributed by atoms with E-state index in [4.69, 9.17) is 0 Å². The van der Waals surface area contributed by atoms with Gasteiger partial charge in [0, 0.05) is 6.04 Å². The van der Waals surface area contributed by atoms with E-state index in [9.17, 15) is 0 Å². The van der Waals surface area contributed by atoms with E-state index in [0.717, 1.165) is 11.8 Å². The van der Waals surface area contributed by atoms with Gasteiger partial charge in [-0.3, -0.25) is 0 Å². The van der Waals surface area contributed by atoms with Gasteiger partial charge in [0.25, 0.3) is 0 Å². The molecule has 0 aromatic heterocycles. The molecule has 2 aromatic rings. The molecule has 1 fully saturated rings. The van der Waals surface area contributed by atoms with Crippen molar-refractivity contribution in [1.82, 2.24) is 5.32 Å². The smallest absolute Gasteiger partial charge is 0.0352 e. The summed E-state index contributed by atoms with van der Waals surface area (Å²) in [5.41, 5.74) is 2.89. The van der Waals surface area contributed by atoms with Crippen LogP contribution < -0.4 is 5.32 Å². The standard InChI is InChI=1S/C17H19N.ClH/c1-18-17(14-10-6-3-7-11-14)16-12-15(16)13-8-4-2-5-9-13;/h2-11,15-18H,12H2,1H3;1H. The highest BCUT2D eigenvalue weighted by atomic mass is 35.5. The van der Waals surface area contributed by atoms with Gasteiger partial charge in [-0.25, -0.2) is 0 Å². The summed E-state index contributed by atoms with van der Waals surface area (Å²) in [7, 11) is 2.07. The van der Waals surface area contributed by atoms with Gasteiger partial charge in [-0.15, -0.1) is 12.4 Å². The third-order valence-corrected chi connectivity index (χ3v) is 3.97. The van der Waals surface area contributed by atoms with Gasteiger partial charge in [-0.2, -0.15) is 0 Å². The molecule has 1 saturated carbocycles. The summed E-state index contributed by atoms with van der Waals surface area (Å²) in [5.74, 6) is 1.46. The van der Waals surface area contributed by atoms with Gasteiger partial charge in [0.15, 0.2) is 0 Å². The molecule has 3 atom stereocenters. The lowest BCUT2D eigenvalue weighted by Gasteiger charge is -2.16. The highest BCUT2D eigenvalue weighted by molar-refractivity contribution is 5.85. The molecule has 1 nitrogen and oxygen atoms in total. The van der Waals surface area contributed by atoms with Crippen molar-refractivity contribution < 1.29 is 0 Å². The van der Waals surface area contributed by atoms with Gasteiger partial charge in [0.05, 0.1) is 0 Å². The SMILES string of the molecule is CNC(c1ccccc1)C1CC1c1ccccc1.Cl. The Hall–Kier alpha value is -1.31. The maximum atomic E-state index is 3.48. The molecule has 2 aromatic carbocycles. The Morgan fingerprint density at radius 1 is 0.947 bits per heavy atom. The average Bonchev–Trinajstić information content (AvgIpc) is 3.22. The van der Waals surface area contributed by atoms with E-state index >= 15 is 0 Å². The summed E-state index contributed by atoms with van der Waals surface area (Å²) in [4.78, 5) is 0. The Labute approximate surface area is 121 Å². The van der Waals surface area contributed by atoms with Crippen LogP contribution in [0.4, 0.5) is 0 Å². The lowest BCUT2D eigenvalue weighted by Crippen LogP contribution is -2.18. The molecular formula is C17H20ClN. The van der Waals surface area contributed by atoms with Crippen LogP contribution in [-0.2, 0) is 0 Å². The lowest BCUT2D eigenvalue weighted by molar-refractivity contribution is 0.518. The minimum atomic E-state index is 0. The van der Waals surface area contributed by atoms with Crippen LogP contribution in [-0.4, -0.2) is 7.05 Å². The Kier molecular flexibility index (Phi) is 4.62. The first kappa shape index (κ1) is 14.1. The summed E-state index contributed by atoms with van der Waals surface area (Å²) in [6.07, 6.45) is 1.30. The second kappa shape index (κ2) is 6.23. The average molecular weight is 274 g/mol. The fourth-order valence-corrected chi connectivity index (χ4v) is 2.95. The van der Waals surface area contributed by atoms with Crippen LogP contribution >= 0.6 is 12.4 Å². The summed E-state index contributed by atoms with van der Waals surface area (Å²) in [5, 5.41) is 3.48. The van der Waals surface area contributed by atoms with Gasteiger partial charge >= 0.3 is 0 Å². The Morgan fingerprint density at radius 2 is 1.53 bits per heavy atom. The van der Waals surface area contributed by atoms with Crippen molar-refractivity contribution in [2.75, 3.05) is 7.05 Å². The summed E-state index contributed by atoms with van der Waals surface area (Å²) >= 11 is 0.